The van der Waals surface area contributed by atoms with Gasteiger partial charge in [0.25, 0.3) is 11.8 Å². The predicted molar refractivity (Wildman–Crippen MR) is 483 cm³/mol. The maximum absolute atomic E-state index is 12.2. The van der Waals surface area contributed by atoms with E-state index in [9.17, 15) is 35.4 Å². The molecule has 5 aromatic heterocycles. The molecular weight excluding hydrogens is 1550 g/mol. The zero-order chi connectivity index (χ0) is 90.3. The van der Waals surface area contributed by atoms with Crippen molar-refractivity contribution >= 4 is 111 Å². The third kappa shape index (κ3) is 27.1. The molecule has 35 nitrogen and oxygen atoms in total. The number of nitrogens with zero attached hydrogens (tertiary/aromatic N) is 18. The summed E-state index contributed by atoms with van der Waals surface area (Å²) in [6, 6.07) is 30.8. The van der Waals surface area contributed by atoms with Gasteiger partial charge in [-0.2, -0.15) is 66.0 Å². The summed E-state index contributed by atoms with van der Waals surface area (Å²) in [5, 5.41) is 71.8. The summed E-state index contributed by atoms with van der Waals surface area (Å²) in [5.74, 6) is 4.92. The molecule has 646 valence electrons. The molecular formula is C87H118N30O5. The number of nitriles is 4. The Bertz CT molecular complexity index is 5320. The number of aryl methyl sites for hydroxylation is 4. The minimum absolute atomic E-state index is 0.0126. The molecule has 5 heterocycles. The highest BCUT2D eigenvalue weighted by molar-refractivity contribution is 5.96. The molecule has 4 aromatic carbocycles. The normalized spacial score (nSPS) is 11.8. The molecule has 1 aliphatic rings. The second-order valence-electron chi connectivity index (χ2n) is 34.5. The third-order valence-corrected chi connectivity index (χ3v) is 18.5. The van der Waals surface area contributed by atoms with Crippen LogP contribution in [0.25, 0.3) is 11.4 Å². The minimum atomic E-state index is -0.521. The van der Waals surface area contributed by atoms with E-state index in [4.69, 9.17) is 20.4 Å². The summed E-state index contributed by atoms with van der Waals surface area (Å²) in [6.07, 6.45) is 6.00. The fourth-order valence-corrected chi connectivity index (χ4v) is 13.2. The first-order valence-electron chi connectivity index (χ1n) is 39.7. The Morgan fingerprint density at radius 1 is 0.451 bits per heavy atom. The molecule has 0 spiro atoms. The number of anilines is 16. The highest BCUT2D eigenvalue weighted by atomic mass is 16.6. The van der Waals surface area contributed by atoms with Gasteiger partial charge in [-0.3, -0.25) is 29.2 Å². The molecule has 13 N–H and O–H groups in total. The lowest BCUT2D eigenvalue weighted by Crippen LogP contribution is -2.31. The van der Waals surface area contributed by atoms with Crippen LogP contribution in [-0.2, 0) is 9.68 Å². The van der Waals surface area contributed by atoms with E-state index in [1.165, 1.54) is 33.4 Å². The number of hydrogen-bond donors (Lipinski definition) is 12. The van der Waals surface area contributed by atoms with E-state index in [1.807, 2.05) is 106 Å². The van der Waals surface area contributed by atoms with Gasteiger partial charge in [0.15, 0.2) is 52.4 Å². The van der Waals surface area contributed by atoms with Crippen LogP contribution in [0.2, 0.25) is 0 Å². The van der Waals surface area contributed by atoms with Gasteiger partial charge in [-0.05, 0) is 127 Å². The number of aromatic nitrogens is 11. The highest BCUT2D eigenvalue weighted by Crippen LogP contribution is 2.38. The molecule has 0 unspecified atom stereocenters. The van der Waals surface area contributed by atoms with Gasteiger partial charge in [0, 0.05) is 127 Å². The first kappa shape index (κ1) is 95.4. The van der Waals surface area contributed by atoms with Gasteiger partial charge in [-0.1, -0.05) is 126 Å². The highest BCUT2D eigenvalue weighted by Gasteiger charge is 2.29. The average Bonchev–Trinajstić information content (AvgIpc) is 0.914. The number of rotatable bonds is 27. The number of aromatic amines is 1. The lowest BCUT2D eigenvalue weighted by Gasteiger charge is -2.29. The van der Waals surface area contributed by atoms with Crippen LogP contribution < -0.4 is 78.8 Å². The van der Waals surface area contributed by atoms with Crippen LogP contribution in [0.15, 0.2) is 79.1 Å². The number of hydroxylamine groups is 2. The Morgan fingerprint density at radius 3 is 1.03 bits per heavy atom. The summed E-state index contributed by atoms with van der Waals surface area (Å²) >= 11 is 0. The number of primary amides is 1. The smallest absolute Gasteiger partial charge is 0.274 e. The molecule has 3 amide bonds. The molecule has 0 aliphatic heterocycles. The van der Waals surface area contributed by atoms with Gasteiger partial charge in [-0.15, -0.1) is 0 Å². The van der Waals surface area contributed by atoms with Gasteiger partial charge in [-0.25, -0.2) is 15.9 Å². The van der Waals surface area contributed by atoms with E-state index in [0.29, 0.717) is 158 Å². The average molecular weight is 1660 g/mol. The first-order chi connectivity index (χ1) is 57.5. The lowest BCUT2D eigenvalue weighted by atomic mass is 9.96. The number of nitrogens with one attached hydrogen (secondary N) is 11. The number of H-pyrrole nitrogens is 1. The number of carbonyl (C=O) groups excluding carboxylic acids is 3. The van der Waals surface area contributed by atoms with E-state index in [1.54, 1.807) is 63.6 Å². The van der Waals surface area contributed by atoms with Gasteiger partial charge < -0.3 is 67.9 Å². The minimum Gasteiger partial charge on any atom is -0.366 e. The molecule has 35 heteroatoms. The van der Waals surface area contributed by atoms with Gasteiger partial charge in [0.2, 0.25) is 29.7 Å². The number of nitrogens with two attached hydrogens (primary N) is 1. The standard InChI is InChI=1S/C25H35N7O2.C21H27N9.C21H29N7O2.C20H27N7O/c1-16-11-12-17(23(33)31-34-6)13-20(16)28-21-19(14-26)22(32(5)15-25(2,3)4)30-24(29-21)27-18-9-7-8-10-18;1-13-7-8-14(17-24-12-25-29-17)9-16(13)26-18-15(10-22)19(28-20(23-5)27-18)30(6)11-21(2,3)4;1-13-8-9-14(19(29)27-30-7)10-16(13)24-17-15(11-22)18(26-20(23-5)25-17)28(6)12-21(2,3)4;1-12-7-8-13(16(22)28)9-15(12)24-17-14(10-21)18(26-19(23-5)25-17)27(6)11-20(2,3)4/h11-13,18H,7-10,15H2,1-6H3,(H,31,33)(H2,27,28,29,30);7-9,12H,11H2,1-6H3,(H,24,25,29)(H2,23,26,27,28);8-10H,12H2,1-7H3,(H,27,29)(H2,23,24,25,26);7-9H,11H2,1-6H3,(H2,22,28)(H2,23,24,25,26). The van der Waals surface area contributed by atoms with Crippen molar-refractivity contribution < 1.29 is 24.1 Å². The van der Waals surface area contributed by atoms with Crippen molar-refractivity contribution in [3.8, 4) is 35.7 Å². The molecule has 0 bridgehead atoms. The van der Waals surface area contributed by atoms with Crippen molar-refractivity contribution in [2.45, 2.75) is 143 Å². The molecule has 1 saturated carbocycles. The van der Waals surface area contributed by atoms with Crippen molar-refractivity contribution in [1.29, 1.82) is 21.0 Å². The van der Waals surface area contributed by atoms with Crippen LogP contribution in [0.1, 0.15) is 184 Å². The number of amides is 3. The zero-order valence-electron chi connectivity index (χ0n) is 74.9. The van der Waals surface area contributed by atoms with Crippen LogP contribution in [0.4, 0.5) is 93.1 Å². The second-order valence-corrected chi connectivity index (χ2v) is 34.5. The Morgan fingerprint density at radius 2 is 0.746 bits per heavy atom. The summed E-state index contributed by atoms with van der Waals surface area (Å²) in [5.41, 5.74) is 20.1. The molecule has 10 rings (SSSR count). The molecule has 0 saturated heterocycles. The lowest BCUT2D eigenvalue weighted by molar-refractivity contribution is 0.0533. The zero-order valence-corrected chi connectivity index (χ0v) is 74.9. The Labute approximate surface area is 716 Å². The molecule has 0 radical (unpaired) electrons. The summed E-state index contributed by atoms with van der Waals surface area (Å²) < 4.78 is 0. The second kappa shape index (κ2) is 42.3. The van der Waals surface area contributed by atoms with Crippen molar-refractivity contribution in [3.63, 3.8) is 0 Å². The van der Waals surface area contributed by atoms with Gasteiger partial charge in [0.1, 0.15) is 52.9 Å². The van der Waals surface area contributed by atoms with Gasteiger partial charge in [0.05, 0.1) is 14.2 Å². The monoisotopic (exact) mass is 1660 g/mol. The Kier molecular flexibility index (Phi) is 33.0. The maximum atomic E-state index is 12.2. The van der Waals surface area contributed by atoms with E-state index in [2.05, 4.69) is 211 Å². The van der Waals surface area contributed by atoms with Crippen molar-refractivity contribution in [2.24, 2.45) is 27.4 Å². The summed E-state index contributed by atoms with van der Waals surface area (Å²) in [4.78, 5) is 93.7. The summed E-state index contributed by atoms with van der Waals surface area (Å²) in [6.45, 7) is 36.2. The van der Waals surface area contributed by atoms with Crippen molar-refractivity contribution in [1.82, 2.24) is 66.0 Å². The Hall–Kier alpha value is -13.8. The van der Waals surface area contributed by atoms with E-state index < -0.39 is 5.91 Å². The van der Waals surface area contributed by atoms with Crippen molar-refractivity contribution in [2.75, 3.05) is 152 Å². The third-order valence-electron chi connectivity index (χ3n) is 18.5. The van der Waals surface area contributed by atoms with Gasteiger partial charge >= 0.3 is 0 Å². The maximum Gasteiger partial charge on any atom is 0.274 e. The number of benzene rings is 4. The summed E-state index contributed by atoms with van der Waals surface area (Å²) in [7, 11) is 15.6. The van der Waals surface area contributed by atoms with Crippen LogP contribution in [0, 0.1) is 94.7 Å². The molecule has 0 atom stereocenters. The molecule has 1 aliphatic carbocycles. The van der Waals surface area contributed by atoms with Crippen molar-refractivity contribution in [3.05, 3.63) is 140 Å². The molecule has 1 fully saturated rings. The van der Waals surface area contributed by atoms with Crippen LogP contribution in [-0.4, -0.2) is 169 Å². The SMILES string of the molecule is CNc1nc(Nc2cc(-c3ncn[nH]3)ccc2C)c(C#N)c(N(C)CC(C)(C)C)n1.CNc1nc(Nc2cc(C(=O)NOC)ccc2C)c(C#N)c(N(C)CC(C)(C)C)n1.CNc1nc(Nc2cc(C(N)=O)ccc2C)c(C#N)c(N(C)CC(C)(C)C)n1.CONC(=O)c1ccc(C)c(Nc2nc(NC3CCCC3)nc(N(C)CC(C)(C)C)c2C#N)c1. The Balaban J connectivity index is 0.000000224. The van der Waals surface area contributed by atoms with Crippen LogP contribution in [0.5, 0.6) is 0 Å². The fourth-order valence-electron chi connectivity index (χ4n) is 13.2. The largest absolute Gasteiger partial charge is 0.366 e. The molecule has 9 aromatic rings. The fraction of sp³-hybridized carbons (Fsp3) is 0.437. The first-order valence-corrected chi connectivity index (χ1v) is 39.7. The molecule has 122 heavy (non-hydrogen) atoms. The predicted octanol–water partition coefficient (Wildman–Crippen LogP) is 14.5. The number of carbonyl (C=O) groups is 3. The number of hydrogen-bond acceptors (Lipinski definition) is 31. The van der Waals surface area contributed by atoms with E-state index in [0.717, 1.165) is 52.9 Å². The van der Waals surface area contributed by atoms with E-state index in [-0.39, 0.29) is 33.5 Å². The van der Waals surface area contributed by atoms with E-state index >= 15 is 0 Å². The van der Waals surface area contributed by atoms with Crippen LogP contribution in [0.3, 0.4) is 0 Å². The van der Waals surface area contributed by atoms with Crippen LogP contribution >= 0.6 is 0 Å². The topological polar surface area (TPSA) is 469 Å². The quantitative estimate of drug-likeness (QED) is 0.0213.